The molecule has 0 aromatic carbocycles. The van der Waals surface area contributed by atoms with E-state index in [4.69, 9.17) is 10.2 Å². The zero-order chi connectivity index (χ0) is 14.0. The number of aryl methyl sites for hydroxylation is 2. The molecule has 1 aliphatic carbocycles. The van der Waals surface area contributed by atoms with Crippen LogP contribution in [-0.4, -0.2) is 28.7 Å². The van der Waals surface area contributed by atoms with Gasteiger partial charge < -0.3 is 15.5 Å². The summed E-state index contributed by atoms with van der Waals surface area (Å²) >= 11 is 1.46. The van der Waals surface area contributed by atoms with Crippen LogP contribution in [0.25, 0.3) is 0 Å². The van der Waals surface area contributed by atoms with E-state index in [0.29, 0.717) is 16.9 Å². The first kappa shape index (κ1) is 14.4. The van der Waals surface area contributed by atoms with Crippen LogP contribution in [0.4, 0.5) is 0 Å². The van der Waals surface area contributed by atoms with Crippen LogP contribution in [-0.2, 0) is 4.79 Å². The number of thioether (sulfide) groups is 1. The Hall–Kier alpha value is -1.01. The molecule has 2 rings (SSSR count). The van der Waals surface area contributed by atoms with Crippen LogP contribution in [0, 0.1) is 19.8 Å². The summed E-state index contributed by atoms with van der Waals surface area (Å²) in [5.74, 6) is 1.46. The van der Waals surface area contributed by atoms with Crippen molar-refractivity contribution in [2.75, 3.05) is 12.3 Å². The van der Waals surface area contributed by atoms with Gasteiger partial charge in [-0.3, -0.25) is 4.79 Å². The van der Waals surface area contributed by atoms with Crippen LogP contribution in [0.5, 0.6) is 0 Å². The molecule has 1 amide bonds. The van der Waals surface area contributed by atoms with Crippen molar-refractivity contribution < 1.29 is 9.21 Å². The molecule has 0 radical (unpaired) electrons. The van der Waals surface area contributed by atoms with Gasteiger partial charge in [0.05, 0.1) is 5.69 Å². The van der Waals surface area contributed by atoms with Crippen LogP contribution in [0.3, 0.4) is 0 Å². The van der Waals surface area contributed by atoms with Crippen molar-refractivity contribution in [3.63, 3.8) is 0 Å². The Morgan fingerprint density at radius 1 is 1.58 bits per heavy atom. The van der Waals surface area contributed by atoms with Crippen molar-refractivity contribution in [1.29, 1.82) is 0 Å². The number of nitrogens with zero attached hydrogens (tertiary/aromatic N) is 1. The molecule has 0 aliphatic heterocycles. The van der Waals surface area contributed by atoms with E-state index in [1.54, 1.807) is 0 Å². The van der Waals surface area contributed by atoms with Crippen LogP contribution in [0.15, 0.2) is 9.64 Å². The molecule has 5 nitrogen and oxygen atoms in total. The SMILES string of the molecule is CCNC(CSc1nc(C)c(C)o1)(C(N)=O)C1CC1. The molecular weight excluding hydrogens is 262 g/mol. The molecule has 1 aromatic heterocycles. The van der Waals surface area contributed by atoms with E-state index in [-0.39, 0.29) is 5.91 Å². The number of aromatic nitrogens is 1. The lowest BCUT2D eigenvalue weighted by molar-refractivity contribution is -0.124. The molecule has 1 unspecified atom stereocenters. The first-order valence-corrected chi connectivity index (χ1v) is 7.60. The predicted octanol–water partition coefficient (Wildman–Crippen LogP) is 1.63. The molecule has 1 atom stereocenters. The molecule has 1 fully saturated rings. The van der Waals surface area contributed by atoms with E-state index in [9.17, 15) is 4.79 Å². The maximum atomic E-state index is 11.9. The molecule has 1 aliphatic rings. The van der Waals surface area contributed by atoms with Crippen molar-refractivity contribution in [2.45, 2.75) is 44.4 Å². The van der Waals surface area contributed by atoms with Crippen LogP contribution in [0.1, 0.15) is 31.2 Å². The minimum absolute atomic E-state index is 0.274. The Kier molecular flexibility index (Phi) is 4.20. The Bertz CT molecular complexity index is 451. The van der Waals surface area contributed by atoms with Crippen LogP contribution < -0.4 is 11.1 Å². The molecular formula is C13H21N3O2S. The fraction of sp³-hybridized carbons (Fsp3) is 0.692. The summed E-state index contributed by atoms with van der Waals surface area (Å²) < 4.78 is 5.54. The Morgan fingerprint density at radius 3 is 2.68 bits per heavy atom. The molecule has 1 aromatic rings. The molecule has 0 bridgehead atoms. The molecule has 1 saturated carbocycles. The van der Waals surface area contributed by atoms with Gasteiger partial charge in [0.2, 0.25) is 5.91 Å². The minimum atomic E-state index is -0.629. The van der Waals surface area contributed by atoms with Crippen molar-refractivity contribution in [3.05, 3.63) is 11.5 Å². The molecule has 0 spiro atoms. The van der Waals surface area contributed by atoms with E-state index < -0.39 is 5.54 Å². The lowest BCUT2D eigenvalue weighted by atomic mass is 9.94. The molecule has 19 heavy (non-hydrogen) atoms. The molecule has 3 N–H and O–H groups in total. The topological polar surface area (TPSA) is 81.2 Å². The summed E-state index contributed by atoms with van der Waals surface area (Å²) in [4.78, 5) is 16.2. The van der Waals surface area contributed by atoms with Crippen LogP contribution >= 0.6 is 11.8 Å². The van der Waals surface area contributed by atoms with E-state index >= 15 is 0 Å². The number of nitrogens with one attached hydrogen (secondary N) is 1. The summed E-state index contributed by atoms with van der Waals surface area (Å²) in [5.41, 5.74) is 5.89. The highest BCUT2D eigenvalue weighted by molar-refractivity contribution is 7.99. The van der Waals surface area contributed by atoms with Gasteiger partial charge >= 0.3 is 0 Å². The third-order valence-electron chi connectivity index (χ3n) is 3.64. The number of hydrogen-bond acceptors (Lipinski definition) is 5. The highest BCUT2D eigenvalue weighted by Crippen LogP contribution is 2.42. The van der Waals surface area contributed by atoms with E-state index in [1.807, 2.05) is 20.8 Å². The quantitative estimate of drug-likeness (QED) is 0.743. The third kappa shape index (κ3) is 2.95. The lowest BCUT2D eigenvalue weighted by Gasteiger charge is -2.30. The number of hydrogen-bond donors (Lipinski definition) is 2. The summed E-state index contributed by atoms with van der Waals surface area (Å²) in [6.45, 7) is 6.52. The van der Waals surface area contributed by atoms with Gasteiger partial charge in [0.1, 0.15) is 11.3 Å². The van der Waals surface area contributed by atoms with E-state index in [2.05, 4.69) is 10.3 Å². The number of rotatable bonds is 7. The second-order valence-corrected chi connectivity index (χ2v) is 5.98. The number of nitrogens with two attached hydrogens (primary N) is 1. The molecule has 1 heterocycles. The minimum Gasteiger partial charge on any atom is -0.437 e. The normalized spacial score (nSPS) is 18.3. The van der Waals surface area contributed by atoms with Crippen LogP contribution in [0.2, 0.25) is 0 Å². The Labute approximate surface area is 117 Å². The Balaban J connectivity index is 2.09. The fourth-order valence-electron chi connectivity index (χ4n) is 2.24. The average Bonchev–Trinajstić information content (AvgIpc) is 3.13. The van der Waals surface area contributed by atoms with Crippen molar-refractivity contribution >= 4 is 17.7 Å². The fourth-order valence-corrected chi connectivity index (χ4v) is 3.46. The second kappa shape index (κ2) is 5.54. The van der Waals surface area contributed by atoms with Gasteiger partial charge in [0.15, 0.2) is 0 Å². The van der Waals surface area contributed by atoms with Gasteiger partial charge in [-0.25, -0.2) is 4.98 Å². The summed E-state index contributed by atoms with van der Waals surface area (Å²) in [5, 5.41) is 3.89. The van der Waals surface area contributed by atoms with Crippen molar-refractivity contribution in [1.82, 2.24) is 10.3 Å². The van der Waals surface area contributed by atoms with Gasteiger partial charge in [-0.05, 0) is 39.2 Å². The van der Waals surface area contributed by atoms with Crippen molar-refractivity contribution in [3.8, 4) is 0 Å². The number of likely N-dealkylation sites (N-methyl/N-ethyl adjacent to an activating group) is 1. The number of carbonyl (C=O) groups is 1. The largest absolute Gasteiger partial charge is 0.437 e. The number of amides is 1. The standard InChI is InChI=1S/C13H21N3O2S/c1-4-15-13(11(14)17,10-5-6-10)7-19-12-16-8(2)9(3)18-12/h10,15H,4-7H2,1-3H3,(H2,14,17). The van der Waals surface area contributed by atoms with E-state index in [0.717, 1.165) is 30.8 Å². The smallest absolute Gasteiger partial charge is 0.256 e. The van der Waals surface area contributed by atoms with Crippen molar-refractivity contribution in [2.24, 2.45) is 11.7 Å². The predicted molar refractivity (Wildman–Crippen MR) is 75.0 cm³/mol. The Morgan fingerprint density at radius 2 is 2.26 bits per heavy atom. The van der Waals surface area contributed by atoms with Gasteiger partial charge in [0, 0.05) is 5.75 Å². The van der Waals surface area contributed by atoms with Gasteiger partial charge in [0.25, 0.3) is 5.22 Å². The average molecular weight is 283 g/mol. The summed E-state index contributed by atoms with van der Waals surface area (Å²) in [6.07, 6.45) is 2.11. The number of primary amides is 1. The summed E-state index contributed by atoms with van der Waals surface area (Å²) in [7, 11) is 0. The number of carbonyl (C=O) groups excluding carboxylic acids is 1. The zero-order valence-electron chi connectivity index (χ0n) is 11.7. The molecule has 6 heteroatoms. The molecule has 0 saturated heterocycles. The zero-order valence-corrected chi connectivity index (χ0v) is 12.5. The maximum absolute atomic E-state index is 11.9. The second-order valence-electron chi connectivity index (χ2n) is 5.05. The maximum Gasteiger partial charge on any atom is 0.256 e. The highest BCUT2D eigenvalue weighted by atomic mass is 32.2. The van der Waals surface area contributed by atoms with Gasteiger partial charge in [-0.15, -0.1) is 0 Å². The number of oxazole rings is 1. The monoisotopic (exact) mass is 283 g/mol. The molecule has 106 valence electrons. The highest BCUT2D eigenvalue weighted by Gasteiger charge is 2.49. The first-order chi connectivity index (χ1) is 8.99. The first-order valence-electron chi connectivity index (χ1n) is 6.61. The summed E-state index contributed by atoms with van der Waals surface area (Å²) in [6, 6.07) is 0. The third-order valence-corrected chi connectivity index (χ3v) is 4.66. The lowest BCUT2D eigenvalue weighted by Crippen LogP contribution is -2.59. The van der Waals surface area contributed by atoms with Gasteiger partial charge in [-0.1, -0.05) is 18.7 Å². The van der Waals surface area contributed by atoms with Gasteiger partial charge in [-0.2, -0.15) is 0 Å². The van der Waals surface area contributed by atoms with E-state index in [1.165, 1.54) is 11.8 Å².